The molecule has 0 radical (unpaired) electrons. The van der Waals surface area contributed by atoms with Crippen molar-refractivity contribution in [3.63, 3.8) is 0 Å². The molecule has 1 aliphatic carbocycles. The summed E-state index contributed by atoms with van der Waals surface area (Å²) < 4.78 is 27.0. The molecule has 0 aromatic heterocycles. The Morgan fingerprint density at radius 1 is 1.09 bits per heavy atom. The van der Waals surface area contributed by atoms with Crippen molar-refractivity contribution in [2.75, 3.05) is 6.54 Å². The predicted octanol–water partition coefficient (Wildman–Crippen LogP) is 5.75. The van der Waals surface area contributed by atoms with Crippen molar-refractivity contribution in [1.29, 1.82) is 5.26 Å². The van der Waals surface area contributed by atoms with Gasteiger partial charge in [-0.25, -0.2) is 8.78 Å². The summed E-state index contributed by atoms with van der Waals surface area (Å²) in [6.07, 6.45) is 5.09. The first kappa shape index (κ1) is 24.4. The number of benzene rings is 2. The lowest BCUT2D eigenvalue weighted by Crippen LogP contribution is -2.48. The van der Waals surface area contributed by atoms with Crippen LogP contribution in [-0.2, 0) is 17.4 Å². The average Bonchev–Trinajstić information content (AvgIpc) is 2.77. The fourth-order valence-corrected chi connectivity index (χ4v) is 4.73. The highest BCUT2D eigenvalue weighted by atomic mass is 19.1. The van der Waals surface area contributed by atoms with Crippen LogP contribution in [0.4, 0.5) is 8.78 Å². The minimum Gasteiger partial charge on any atom is -0.392 e. The summed E-state index contributed by atoms with van der Waals surface area (Å²) in [7, 11) is 0. The van der Waals surface area contributed by atoms with E-state index < -0.39 is 23.2 Å². The van der Waals surface area contributed by atoms with Crippen LogP contribution in [0.5, 0.6) is 0 Å². The maximum absolute atomic E-state index is 13.5. The third-order valence-electron chi connectivity index (χ3n) is 6.91. The molecular weight excluding hydrogens is 406 g/mol. The summed E-state index contributed by atoms with van der Waals surface area (Å²) in [5.74, 6) is -1.35. The number of nitrogens with one attached hydrogen (secondary N) is 1. The maximum atomic E-state index is 13.5. The molecule has 1 saturated carbocycles. The zero-order chi connectivity index (χ0) is 23.4. The Kier molecular flexibility index (Phi) is 7.69. The molecule has 0 saturated heterocycles. The van der Waals surface area contributed by atoms with E-state index in [2.05, 4.69) is 23.5 Å². The molecule has 0 aliphatic heterocycles. The van der Waals surface area contributed by atoms with E-state index in [-0.39, 0.29) is 11.5 Å². The highest BCUT2D eigenvalue weighted by Crippen LogP contribution is 2.38. The molecule has 1 aliphatic rings. The molecule has 0 spiro atoms. The molecule has 32 heavy (non-hydrogen) atoms. The molecule has 5 heteroatoms. The first-order chi connectivity index (χ1) is 15.1. The van der Waals surface area contributed by atoms with Gasteiger partial charge < -0.3 is 10.4 Å². The van der Waals surface area contributed by atoms with Crippen molar-refractivity contribution in [2.24, 2.45) is 5.92 Å². The van der Waals surface area contributed by atoms with E-state index in [0.717, 1.165) is 42.9 Å². The summed E-state index contributed by atoms with van der Waals surface area (Å²) in [5.41, 5.74) is 1.88. The number of hydrogen-bond acceptors (Lipinski definition) is 3. The monoisotopic (exact) mass is 440 g/mol. The van der Waals surface area contributed by atoms with E-state index in [0.29, 0.717) is 18.5 Å². The lowest BCUT2D eigenvalue weighted by Gasteiger charge is -2.40. The van der Waals surface area contributed by atoms with Gasteiger partial charge in [0.05, 0.1) is 17.6 Å². The van der Waals surface area contributed by atoms with Crippen molar-refractivity contribution in [1.82, 2.24) is 5.32 Å². The van der Waals surface area contributed by atoms with Crippen LogP contribution in [0.15, 0.2) is 42.5 Å². The normalized spacial score (nSPS) is 18.0. The molecule has 1 fully saturated rings. The molecule has 2 N–H and O–H groups in total. The number of nitrogens with zero attached hydrogens (tertiary/aromatic N) is 1. The van der Waals surface area contributed by atoms with Crippen LogP contribution >= 0.6 is 0 Å². The summed E-state index contributed by atoms with van der Waals surface area (Å²) in [4.78, 5) is 0. The van der Waals surface area contributed by atoms with Crippen LogP contribution in [0.3, 0.4) is 0 Å². The molecule has 172 valence electrons. The first-order valence-corrected chi connectivity index (χ1v) is 11.6. The number of nitriles is 1. The zero-order valence-electron chi connectivity index (χ0n) is 19.3. The van der Waals surface area contributed by atoms with E-state index in [1.54, 1.807) is 0 Å². The zero-order valence-corrected chi connectivity index (χ0v) is 19.3. The molecule has 2 aromatic carbocycles. The van der Waals surface area contributed by atoms with Gasteiger partial charge in [0.25, 0.3) is 0 Å². The van der Waals surface area contributed by atoms with Crippen molar-refractivity contribution in [3.05, 3.63) is 70.8 Å². The Bertz CT molecular complexity index is 940. The minimum absolute atomic E-state index is 0.159. The Labute approximate surface area is 190 Å². The van der Waals surface area contributed by atoms with Crippen molar-refractivity contribution < 1.29 is 13.9 Å². The quantitative estimate of drug-likeness (QED) is 0.549. The van der Waals surface area contributed by atoms with Gasteiger partial charge in [0.2, 0.25) is 0 Å². The molecular formula is C27H34F2N2O. The van der Waals surface area contributed by atoms with Crippen LogP contribution < -0.4 is 5.32 Å². The van der Waals surface area contributed by atoms with E-state index in [1.165, 1.54) is 18.6 Å². The molecule has 0 bridgehead atoms. The number of halogens is 2. The van der Waals surface area contributed by atoms with Gasteiger partial charge in [0, 0.05) is 18.2 Å². The summed E-state index contributed by atoms with van der Waals surface area (Å²) in [6.45, 7) is 6.14. The minimum atomic E-state index is -0.654. The van der Waals surface area contributed by atoms with Gasteiger partial charge in [-0.15, -0.1) is 0 Å². The van der Waals surface area contributed by atoms with Gasteiger partial charge in [-0.1, -0.05) is 50.5 Å². The second-order valence-corrected chi connectivity index (χ2v) is 9.87. The van der Waals surface area contributed by atoms with Crippen molar-refractivity contribution in [2.45, 2.75) is 76.4 Å². The van der Waals surface area contributed by atoms with Crippen LogP contribution in [0.1, 0.15) is 69.6 Å². The lowest BCUT2D eigenvalue weighted by molar-refractivity contribution is 0.0946. The van der Waals surface area contributed by atoms with Crippen molar-refractivity contribution in [3.8, 4) is 6.07 Å². The fourth-order valence-electron chi connectivity index (χ4n) is 4.73. The van der Waals surface area contributed by atoms with Gasteiger partial charge in [-0.3, -0.25) is 0 Å². The standard InChI is InChI=1S/C27H34F2N2O/c1-19(12-20-13-23(28)16-24(29)14-20)25(32)17-31-27(10-5-4-6-11-27)22-9-7-8-21(15-22)26(2,3)18-30/h7-9,13-16,19,25,31-32H,4-6,10-12,17H2,1-3H3. The van der Waals surface area contributed by atoms with Crippen LogP contribution in [0.2, 0.25) is 0 Å². The highest BCUT2D eigenvalue weighted by Gasteiger charge is 2.35. The molecule has 3 nitrogen and oxygen atoms in total. The maximum Gasteiger partial charge on any atom is 0.126 e. The van der Waals surface area contributed by atoms with Crippen LogP contribution in [0, 0.1) is 28.9 Å². The Hall–Kier alpha value is -2.29. The number of hydrogen-bond donors (Lipinski definition) is 2. The second-order valence-electron chi connectivity index (χ2n) is 9.87. The topological polar surface area (TPSA) is 56.0 Å². The van der Waals surface area contributed by atoms with Gasteiger partial charge >= 0.3 is 0 Å². The summed E-state index contributed by atoms with van der Waals surface area (Å²) >= 11 is 0. The highest BCUT2D eigenvalue weighted by molar-refractivity contribution is 5.37. The lowest BCUT2D eigenvalue weighted by atomic mass is 9.74. The molecule has 3 rings (SSSR count). The summed E-state index contributed by atoms with van der Waals surface area (Å²) in [5, 5.41) is 24.1. The Morgan fingerprint density at radius 3 is 2.38 bits per heavy atom. The average molecular weight is 441 g/mol. The van der Waals surface area contributed by atoms with Gasteiger partial charge in [0.1, 0.15) is 11.6 Å². The van der Waals surface area contributed by atoms with E-state index in [1.807, 2.05) is 32.9 Å². The van der Waals surface area contributed by atoms with Gasteiger partial charge in [0.15, 0.2) is 0 Å². The van der Waals surface area contributed by atoms with Crippen LogP contribution in [0.25, 0.3) is 0 Å². The second kappa shape index (κ2) is 10.1. The SMILES string of the molecule is CC(Cc1cc(F)cc(F)c1)C(O)CNC1(c2cccc(C(C)(C)C#N)c2)CCCCC1. The number of rotatable bonds is 8. The van der Waals surface area contributed by atoms with Gasteiger partial charge in [-0.2, -0.15) is 5.26 Å². The van der Waals surface area contributed by atoms with Crippen LogP contribution in [-0.4, -0.2) is 17.8 Å². The van der Waals surface area contributed by atoms with E-state index >= 15 is 0 Å². The van der Waals surface area contributed by atoms with Crippen molar-refractivity contribution >= 4 is 0 Å². The molecule has 2 unspecified atom stereocenters. The van der Waals surface area contributed by atoms with E-state index in [9.17, 15) is 19.1 Å². The largest absolute Gasteiger partial charge is 0.392 e. The molecule has 0 heterocycles. The smallest absolute Gasteiger partial charge is 0.126 e. The molecule has 2 atom stereocenters. The van der Waals surface area contributed by atoms with Gasteiger partial charge in [-0.05, 0) is 67.9 Å². The first-order valence-electron chi connectivity index (χ1n) is 11.6. The molecule has 0 amide bonds. The predicted molar refractivity (Wildman–Crippen MR) is 123 cm³/mol. The van der Waals surface area contributed by atoms with E-state index in [4.69, 9.17) is 0 Å². The number of aliphatic hydroxyl groups excluding tert-OH is 1. The fraction of sp³-hybridized carbons (Fsp3) is 0.519. The Morgan fingerprint density at radius 2 is 1.75 bits per heavy atom. The third-order valence-corrected chi connectivity index (χ3v) is 6.91. The number of aliphatic hydroxyl groups is 1. The summed E-state index contributed by atoms with van der Waals surface area (Å²) in [6, 6.07) is 14.1. The molecule has 2 aromatic rings. The third kappa shape index (κ3) is 5.74. The Balaban J connectivity index is 1.75.